The lowest BCUT2D eigenvalue weighted by Crippen LogP contribution is -1.95. The van der Waals surface area contributed by atoms with Crippen molar-refractivity contribution in [2.75, 3.05) is 0 Å². The van der Waals surface area contributed by atoms with Crippen molar-refractivity contribution in [1.29, 1.82) is 0 Å². The number of hydrogen-bond donors (Lipinski definition) is 0. The Labute approximate surface area is 71.7 Å². The molecule has 0 saturated heterocycles. The minimum atomic E-state index is 0.780. The summed E-state index contributed by atoms with van der Waals surface area (Å²) in [6.07, 6.45) is 3.52. The maximum atomic E-state index is 4.20. The molecule has 0 aromatic heterocycles. The van der Waals surface area contributed by atoms with Gasteiger partial charge in [-0.3, -0.25) is 9.98 Å². The molecule has 60 valence electrons. The number of aliphatic imine (C=N–C) groups is 2. The minimum Gasteiger partial charge on any atom is -0.287 e. The maximum Gasteiger partial charge on any atom is 0.0643 e. The minimum absolute atomic E-state index is 0.780. The van der Waals surface area contributed by atoms with Crippen LogP contribution in [-0.4, -0.2) is 12.4 Å². The Hall–Kier alpha value is -1.44. The summed E-state index contributed by atoms with van der Waals surface area (Å²) in [7, 11) is 0. The van der Waals surface area contributed by atoms with Crippen LogP contribution in [0.1, 0.15) is 11.1 Å². The van der Waals surface area contributed by atoms with E-state index in [-0.39, 0.29) is 0 Å². The topological polar surface area (TPSA) is 24.7 Å². The van der Waals surface area contributed by atoms with E-state index in [1.54, 1.807) is 12.4 Å². The average Bonchev–Trinajstić information content (AvgIpc) is 2.06. The molecule has 0 fully saturated rings. The predicted octanol–water partition coefficient (Wildman–Crippen LogP) is 1.84. The standard InChI is InChI=1S/C10H10N2/c1-2-4-10-8-12-6-5-11-7-9(10)3-1/h1-6H,7-8H2. The molecule has 0 N–H and O–H groups in total. The van der Waals surface area contributed by atoms with Crippen molar-refractivity contribution in [2.24, 2.45) is 9.98 Å². The highest BCUT2D eigenvalue weighted by Crippen LogP contribution is 2.11. The molecule has 1 aliphatic heterocycles. The van der Waals surface area contributed by atoms with Gasteiger partial charge in [0.25, 0.3) is 0 Å². The van der Waals surface area contributed by atoms with Crippen LogP contribution < -0.4 is 0 Å². The number of nitrogens with zero attached hydrogens (tertiary/aromatic N) is 2. The summed E-state index contributed by atoms with van der Waals surface area (Å²) in [5.74, 6) is 0. The maximum absolute atomic E-state index is 4.20. The highest BCUT2D eigenvalue weighted by atomic mass is 14.8. The average molecular weight is 158 g/mol. The molecule has 0 saturated carbocycles. The van der Waals surface area contributed by atoms with Gasteiger partial charge in [0.05, 0.1) is 13.1 Å². The van der Waals surface area contributed by atoms with Crippen molar-refractivity contribution < 1.29 is 0 Å². The number of rotatable bonds is 0. The van der Waals surface area contributed by atoms with Crippen LogP contribution in [0.15, 0.2) is 34.3 Å². The molecule has 0 bridgehead atoms. The first kappa shape index (κ1) is 7.22. The van der Waals surface area contributed by atoms with E-state index in [4.69, 9.17) is 0 Å². The highest BCUT2D eigenvalue weighted by Gasteiger charge is 1.99. The Morgan fingerprint density at radius 3 is 1.83 bits per heavy atom. The van der Waals surface area contributed by atoms with E-state index < -0.39 is 0 Å². The van der Waals surface area contributed by atoms with Gasteiger partial charge in [0.15, 0.2) is 0 Å². The molecule has 0 unspecified atom stereocenters. The lowest BCUT2D eigenvalue weighted by Gasteiger charge is -2.05. The molecule has 12 heavy (non-hydrogen) atoms. The highest BCUT2D eigenvalue weighted by molar-refractivity contribution is 6.16. The second-order valence-corrected chi connectivity index (χ2v) is 2.75. The van der Waals surface area contributed by atoms with E-state index in [2.05, 4.69) is 22.1 Å². The molecule has 0 amide bonds. The van der Waals surface area contributed by atoms with Crippen LogP contribution in [0.5, 0.6) is 0 Å². The first-order valence-electron chi connectivity index (χ1n) is 4.02. The van der Waals surface area contributed by atoms with Gasteiger partial charge in [0.1, 0.15) is 0 Å². The summed E-state index contributed by atoms with van der Waals surface area (Å²) in [5.41, 5.74) is 2.57. The van der Waals surface area contributed by atoms with Crippen LogP contribution in [0.2, 0.25) is 0 Å². The van der Waals surface area contributed by atoms with Crippen molar-refractivity contribution in [3.8, 4) is 0 Å². The first-order valence-corrected chi connectivity index (χ1v) is 4.02. The Balaban J connectivity index is 2.40. The van der Waals surface area contributed by atoms with Crippen molar-refractivity contribution in [2.45, 2.75) is 13.1 Å². The fourth-order valence-corrected chi connectivity index (χ4v) is 1.26. The SMILES string of the molecule is C1=NCc2ccccc2CN=C1. The van der Waals surface area contributed by atoms with Crippen molar-refractivity contribution >= 4 is 12.4 Å². The molecule has 0 aliphatic carbocycles. The molecule has 0 radical (unpaired) electrons. The molecule has 2 nitrogen and oxygen atoms in total. The summed E-state index contributed by atoms with van der Waals surface area (Å²) in [5, 5.41) is 0. The smallest absolute Gasteiger partial charge is 0.0643 e. The third kappa shape index (κ3) is 1.42. The Bertz CT molecular complexity index is 293. The van der Waals surface area contributed by atoms with E-state index >= 15 is 0 Å². The summed E-state index contributed by atoms with van der Waals surface area (Å²) >= 11 is 0. The summed E-state index contributed by atoms with van der Waals surface area (Å²) in [6, 6.07) is 8.29. The molecule has 1 aromatic carbocycles. The van der Waals surface area contributed by atoms with Crippen molar-refractivity contribution in [1.82, 2.24) is 0 Å². The van der Waals surface area contributed by atoms with E-state index in [0.717, 1.165) is 13.1 Å². The van der Waals surface area contributed by atoms with Crippen LogP contribution in [-0.2, 0) is 13.1 Å². The molecular weight excluding hydrogens is 148 g/mol. The summed E-state index contributed by atoms with van der Waals surface area (Å²) < 4.78 is 0. The molecule has 1 aliphatic rings. The second kappa shape index (κ2) is 3.30. The molecule has 1 heterocycles. The molecule has 1 aromatic rings. The normalized spacial score (nSPS) is 15.0. The summed E-state index contributed by atoms with van der Waals surface area (Å²) in [6.45, 7) is 1.56. The molecule has 2 rings (SSSR count). The fraction of sp³-hybridized carbons (Fsp3) is 0.200. The number of benzene rings is 1. The van der Waals surface area contributed by atoms with Gasteiger partial charge in [0, 0.05) is 12.4 Å². The van der Waals surface area contributed by atoms with Crippen LogP contribution in [0.3, 0.4) is 0 Å². The lowest BCUT2D eigenvalue weighted by molar-refractivity contribution is 0.980. The third-order valence-electron chi connectivity index (χ3n) is 1.92. The molecule has 2 heteroatoms. The zero-order valence-electron chi connectivity index (χ0n) is 6.77. The van der Waals surface area contributed by atoms with Crippen LogP contribution >= 0.6 is 0 Å². The number of fused-ring (bicyclic) bond motifs is 1. The Morgan fingerprint density at radius 1 is 0.833 bits per heavy atom. The van der Waals surface area contributed by atoms with E-state index in [9.17, 15) is 0 Å². The summed E-state index contributed by atoms with van der Waals surface area (Å²) in [4.78, 5) is 8.40. The lowest BCUT2D eigenvalue weighted by atomic mass is 10.1. The van der Waals surface area contributed by atoms with Gasteiger partial charge in [0.2, 0.25) is 0 Å². The number of hydrogen-bond acceptors (Lipinski definition) is 2. The van der Waals surface area contributed by atoms with E-state index in [1.807, 2.05) is 12.1 Å². The fourth-order valence-electron chi connectivity index (χ4n) is 1.26. The predicted molar refractivity (Wildman–Crippen MR) is 50.8 cm³/mol. The van der Waals surface area contributed by atoms with Gasteiger partial charge >= 0.3 is 0 Å². The van der Waals surface area contributed by atoms with Gasteiger partial charge in [-0.25, -0.2) is 0 Å². The van der Waals surface area contributed by atoms with E-state index in [1.165, 1.54) is 11.1 Å². The zero-order valence-corrected chi connectivity index (χ0v) is 6.77. The molecular formula is C10H10N2. The Kier molecular flexibility index (Phi) is 1.99. The Morgan fingerprint density at radius 2 is 1.33 bits per heavy atom. The van der Waals surface area contributed by atoms with Crippen LogP contribution in [0.25, 0.3) is 0 Å². The van der Waals surface area contributed by atoms with Gasteiger partial charge < -0.3 is 0 Å². The monoisotopic (exact) mass is 158 g/mol. The van der Waals surface area contributed by atoms with Gasteiger partial charge in [-0.2, -0.15) is 0 Å². The van der Waals surface area contributed by atoms with Crippen molar-refractivity contribution in [3.63, 3.8) is 0 Å². The first-order chi connectivity index (χ1) is 5.97. The van der Waals surface area contributed by atoms with Gasteiger partial charge in [-0.15, -0.1) is 0 Å². The van der Waals surface area contributed by atoms with Crippen LogP contribution in [0, 0.1) is 0 Å². The van der Waals surface area contributed by atoms with Crippen LogP contribution in [0.4, 0.5) is 0 Å². The quantitative estimate of drug-likeness (QED) is 0.550. The molecule has 0 spiro atoms. The second-order valence-electron chi connectivity index (χ2n) is 2.75. The van der Waals surface area contributed by atoms with Gasteiger partial charge in [-0.1, -0.05) is 24.3 Å². The van der Waals surface area contributed by atoms with Gasteiger partial charge in [-0.05, 0) is 11.1 Å². The van der Waals surface area contributed by atoms with Crippen molar-refractivity contribution in [3.05, 3.63) is 35.4 Å². The van der Waals surface area contributed by atoms with E-state index in [0.29, 0.717) is 0 Å². The third-order valence-corrected chi connectivity index (χ3v) is 1.92. The zero-order chi connectivity index (χ0) is 8.23. The largest absolute Gasteiger partial charge is 0.287 e. The molecule has 0 atom stereocenters.